The number of rotatable bonds is 8. The van der Waals surface area contributed by atoms with Crippen LogP contribution in [0.1, 0.15) is 19.4 Å². The van der Waals surface area contributed by atoms with Gasteiger partial charge in [-0.2, -0.15) is 0 Å². The minimum atomic E-state index is 0.163. The minimum absolute atomic E-state index is 0.163. The normalized spacial score (nSPS) is 10.7. The van der Waals surface area contributed by atoms with Crippen molar-refractivity contribution >= 4 is 0 Å². The third-order valence-electron chi connectivity index (χ3n) is 2.43. The molecule has 4 heteroatoms. The highest BCUT2D eigenvalue weighted by atomic mass is 16.5. The third-order valence-corrected chi connectivity index (χ3v) is 2.43. The molecule has 0 aliphatic rings. The van der Waals surface area contributed by atoms with E-state index in [1.165, 1.54) is 0 Å². The number of benzene rings is 1. The molecule has 1 N–H and O–H groups in total. The summed E-state index contributed by atoms with van der Waals surface area (Å²) in [6.45, 7) is 6.29. The average Bonchev–Trinajstić information content (AvgIpc) is 2.35. The van der Waals surface area contributed by atoms with Crippen LogP contribution >= 0.6 is 0 Å². The Kier molecular flexibility index (Phi) is 6.54. The van der Waals surface area contributed by atoms with Gasteiger partial charge in [0.2, 0.25) is 0 Å². The van der Waals surface area contributed by atoms with Crippen LogP contribution in [0.15, 0.2) is 18.2 Å². The zero-order valence-corrected chi connectivity index (χ0v) is 11.7. The molecule has 0 unspecified atom stereocenters. The zero-order chi connectivity index (χ0) is 13.4. The Hall–Kier alpha value is -1.26. The lowest BCUT2D eigenvalue weighted by molar-refractivity contribution is 0.198. The second-order valence-electron chi connectivity index (χ2n) is 4.31. The van der Waals surface area contributed by atoms with Gasteiger partial charge in [0.05, 0.1) is 19.8 Å². The first-order valence-electron chi connectivity index (χ1n) is 6.20. The molecule has 0 aliphatic carbocycles. The molecule has 1 aromatic carbocycles. The topological polar surface area (TPSA) is 39.7 Å². The molecule has 0 saturated carbocycles. The first-order valence-corrected chi connectivity index (χ1v) is 6.20. The Balaban J connectivity index is 2.69. The highest BCUT2D eigenvalue weighted by Crippen LogP contribution is 2.25. The molecule has 0 atom stereocenters. The summed E-state index contributed by atoms with van der Waals surface area (Å²) in [5.41, 5.74) is 1.10. The van der Waals surface area contributed by atoms with Crippen LogP contribution in [-0.2, 0) is 11.3 Å². The van der Waals surface area contributed by atoms with Crippen molar-refractivity contribution in [3.63, 3.8) is 0 Å². The molecule has 1 aromatic rings. The van der Waals surface area contributed by atoms with E-state index in [2.05, 4.69) is 5.32 Å². The van der Waals surface area contributed by atoms with E-state index >= 15 is 0 Å². The lowest BCUT2D eigenvalue weighted by Gasteiger charge is -2.15. The standard InChI is InChI=1S/C14H23NO3/c1-11(2)18-14-6-5-13(17-4)9-12(14)10-15-7-8-16-3/h5-6,9,11,15H,7-8,10H2,1-4H3. The summed E-state index contributed by atoms with van der Waals surface area (Å²) in [5, 5.41) is 3.31. The molecule has 0 amide bonds. The zero-order valence-electron chi connectivity index (χ0n) is 11.7. The molecule has 0 radical (unpaired) electrons. The van der Waals surface area contributed by atoms with Gasteiger partial charge in [-0.3, -0.25) is 0 Å². The molecule has 0 aliphatic heterocycles. The summed E-state index contributed by atoms with van der Waals surface area (Å²) in [4.78, 5) is 0. The van der Waals surface area contributed by atoms with Crippen molar-refractivity contribution < 1.29 is 14.2 Å². The van der Waals surface area contributed by atoms with Crippen molar-refractivity contribution in [2.75, 3.05) is 27.4 Å². The molecule has 0 fully saturated rings. The fourth-order valence-corrected chi connectivity index (χ4v) is 1.59. The Bertz CT molecular complexity index is 353. The molecule has 4 nitrogen and oxygen atoms in total. The van der Waals surface area contributed by atoms with Crippen molar-refractivity contribution in [1.29, 1.82) is 0 Å². The predicted octanol–water partition coefficient (Wildman–Crippen LogP) is 2.22. The first-order chi connectivity index (χ1) is 8.67. The van der Waals surface area contributed by atoms with E-state index in [1.54, 1.807) is 14.2 Å². The van der Waals surface area contributed by atoms with Gasteiger partial charge in [0.25, 0.3) is 0 Å². The molecule has 0 spiro atoms. The van der Waals surface area contributed by atoms with E-state index < -0.39 is 0 Å². The Morgan fingerprint density at radius 2 is 2.00 bits per heavy atom. The fourth-order valence-electron chi connectivity index (χ4n) is 1.59. The number of methoxy groups -OCH3 is 2. The average molecular weight is 253 g/mol. The van der Waals surface area contributed by atoms with E-state index in [1.807, 2.05) is 32.0 Å². The van der Waals surface area contributed by atoms with Crippen LogP contribution in [0.4, 0.5) is 0 Å². The van der Waals surface area contributed by atoms with Crippen molar-refractivity contribution in [2.45, 2.75) is 26.5 Å². The summed E-state index contributed by atoms with van der Waals surface area (Å²) >= 11 is 0. The quantitative estimate of drug-likeness (QED) is 0.721. The Labute approximate surface area is 109 Å². The monoisotopic (exact) mass is 253 g/mol. The van der Waals surface area contributed by atoms with Crippen molar-refractivity contribution in [3.8, 4) is 11.5 Å². The van der Waals surface area contributed by atoms with E-state index in [9.17, 15) is 0 Å². The fraction of sp³-hybridized carbons (Fsp3) is 0.571. The van der Waals surface area contributed by atoms with E-state index in [0.717, 1.165) is 30.2 Å². The Morgan fingerprint density at radius 3 is 2.61 bits per heavy atom. The van der Waals surface area contributed by atoms with Crippen LogP contribution in [-0.4, -0.2) is 33.5 Å². The highest BCUT2D eigenvalue weighted by molar-refractivity contribution is 5.40. The molecular formula is C14H23NO3. The smallest absolute Gasteiger partial charge is 0.124 e. The lowest BCUT2D eigenvalue weighted by Crippen LogP contribution is -2.19. The molecule has 0 heterocycles. The summed E-state index contributed by atoms with van der Waals surface area (Å²) in [6, 6.07) is 5.86. The second kappa shape index (κ2) is 7.95. The summed E-state index contributed by atoms with van der Waals surface area (Å²) in [6.07, 6.45) is 0.163. The summed E-state index contributed by atoms with van der Waals surface area (Å²) in [5.74, 6) is 1.74. The largest absolute Gasteiger partial charge is 0.497 e. The van der Waals surface area contributed by atoms with E-state index in [-0.39, 0.29) is 6.10 Å². The number of ether oxygens (including phenoxy) is 3. The Morgan fingerprint density at radius 1 is 1.22 bits per heavy atom. The van der Waals surface area contributed by atoms with Gasteiger partial charge < -0.3 is 19.5 Å². The molecule has 0 aromatic heterocycles. The van der Waals surface area contributed by atoms with Gasteiger partial charge in [0, 0.05) is 25.8 Å². The van der Waals surface area contributed by atoms with E-state index in [4.69, 9.17) is 14.2 Å². The van der Waals surface area contributed by atoms with Crippen LogP contribution in [0.2, 0.25) is 0 Å². The number of hydrogen-bond acceptors (Lipinski definition) is 4. The van der Waals surface area contributed by atoms with Crippen molar-refractivity contribution in [3.05, 3.63) is 23.8 Å². The van der Waals surface area contributed by atoms with Gasteiger partial charge in [-0.05, 0) is 32.0 Å². The van der Waals surface area contributed by atoms with Crippen LogP contribution in [0, 0.1) is 0 Å². The van der Waals surface area contributed by atoms with Crippen LogP contribution in [0.5, 0.6) is 11.5 Å². The predicted molar refractivity (Wildman–Crippen MR) is 72.3 cm³/mol. The van der Waals surface area contributed by atoms with Gasteiger partial charge in [-0.25, -0.2) is 0 Å². The maximum atomic E-state index is 5.78. The minimum Gasteiger partial charge on any atom is -0.497 e. The van der Waals surface area contributed by atoms with Crippen LogP contribution < -0.4 is 14.8 Å². The SMILES string of the molecule is COCCNCc1cc(OC)ccc1OC(C)C. The van der Waals surface area contributed by atoms with Crippen molar-refractivity contribution in [1.82, 2.24) is 5.32 Å². The molecule has 0 saturated heterocycles. The van der Waals surface area contributed by atoms with Gasteiger partial charge in [0.1, 0.15) is 11.5 Å². The molecular weight excluding hydrogens is 230 g/mol. The number of nitrogens with one attached hydrogen (secondary N) is 1. The van der Waals surface area contributed by atoms with Gasteiger partial charge >= 0.3 is 0 Å². The highest BCUT2D eigenvalue weighted by Gasteiger charge is 2.07. The molecule has 1 rings (SSSR count). The van der Waals surface area contributed by atoms with Gasteiger partial charge in [-0.15, -0.1) is 0 Å². The van der Waals surface area contributed by atoms with Gasteiger partial charge in [0.15, 0.2) is 0 Å². The van der Waals surface area contributed by atoms with Gasteiger partial charge in [-0.1, -0.05) is 0 Å². The second-order valence-corrected chi connectivity index (χ2v) is 4.31. The maximum Gasteiger partial charge on any atom is 0.124 e. The third kappa shape index (κ3) is 4.94. The maximum absolute atomic E-state index is 5.78. The van der Waals surface area contributed by atoms with Crippen molar-refractivity contribution in [2.24, 2.45) is 0 Å². The lowest BCUT2D eigenvalue weighted by atomic mass is 10.2. The van der Waals surface area contributed by atoms with Crippen LogP contribution in [0.3, 0.4) is 0 Å². The van der Waals surface area contributed by atoms with Crippen LogP contribution in [0.25, 0.3) is 0 Å². The summed E-state index contributed by atoms with van der Waals surface area (Å²) in [7, 11) is 3.36. The molecule has 18 heavy (non-hydrogen) atoms. The molecule has 0 bridgehead atoms. The molecule has 102 valence electrons. The summed E-state index contributed by atoms with van der Waals surface area (Å²) < 4.78 is 16.0. The first kappa shape index (κ1) is 14.8. The van der Waals surface area contributed by atoms with E-state index in [0.29, 0.717) is 6.61 Å². The number of hydrogen-bond donors (Lipinski definition) is 1.